The molecule has 2 atom stereocenters. The van der Waals surface area contributed by atoms with Crippen molar-refractivity contribution in [2.45, 2.75) is 38.6 Å². The van der Waals surface area contributed by atoms with E-state index in [4.69, 9.17) is 11.2 Å². The SMILES string of the molecule is C#Cc1ccc(C(O)C(O)CNC(=O)OC(C)(C)C)cc1. The quantitative estimate of drug-likeness (QED) is 0.736. The summed E-state index contributed by atoms with van der Waals surface area (Å²) in [6, 6.07) is 6.62. The highest BCUT2D eigenvalue weighted by molar-refractivity contribution is 5.67. The molecule has 0 saturated heterocycles. The van der Waals surface area contributed by atoms with Crippen LogP contribution in [0.25, 0.3) is 0 Å². The minimum absolute atomic E-state index is 0.118. The zero-order chi connectivity index (χ0) is 16.0. The maximum Gasteiger partial charge on any atom is 0.407 e. The summed E-state index contributed by atoms with van der Waals surface area (Å²) >= 11 is 0. The molecule has 0 aliphatic carbocycles. The van der Waals surface area contributed by atoms with E-state index in [0.29, 0.717) is 11.1 Å². The van der Waals surface area contributed by atoms with Crippen LogP contribution in [0.5, 0.6) is 0 Å². The molecule has 0 aliphatic heterocycles. The van der Waals surface area contributed by atoms with Crippen LogP contribution < -0.4 is 5.32 Å². The van der Waals surface area contributed by atoms with Crippen molar-refractivity contribution in [2.75, 3.05) is 6.54 Å². The van der Waals surface area contributed by atoms with Crippen LogP contribution in [0.4, 0.5) is 4.79 Å². The Morgan fingerprint density at radius 2 is 1.90 bits per heavy atom. The van der Waals surface area contributed by atoms with Gasteiger partial charge in [0.25, 0.3) is 0 Å². The van der Waals surface area contributed by atoms with Gasteiger partial charge in [0.1, 0.15) is 17.8 Å². The molecule has 1 amide bonds. The number of amides is 1. The van der Waals surface area contributed by atoms with Crippen LogP contribution in [-0.4, -0.2) is 34.6 Å². The topological polar surface area (TPSA) is 78.8 Å². The molecule has 5 nitrogen and oxygen atoms in total. The predicted octanol–water partition coefficient (Wildman–Crippen LogP) is 1.59. The molecule has 1 rings (SSSR count). The van der Waals surface area contributed by atoms with Crippen molar-refractivity contribution in [3.8, 4) is 12.3 Å². The molecular formula is C16H21NO4. The van der Waals surface area contributed by atoms with Crippen LogP contribution in [-0.2, 0) is 4.74 Å². The van der Waals surface area contributed by atoms with Crippen LogP contribution in [0.2, 0.25) is 0 Å². The molecule has 0 bridgehead atoms. The minimum atomic E-state index is -1.14. The number of aliphatic hydroxyl groups excluding tert-OH is 2. The third kappa shape index (κ3) is 5.86. The summed E-state index contributed by atoms with van der Waals surface area (Å²) < 4.78 is 5.04. The van der Waals surface area contributed by atoms with Gasteiger partial charge < -0.3 is 20.3 Å². The van der Waals surface area contributed by atoms with Gasteiger partial charge in [-0.25, -0.2) is 4.79 Å². The Kier molecular flexibility index (Phi) is 5.77. The van der Waals surface area contributed by atoms with Crippen LogP contribution in [0.15, 0.2) is 24.3 Å². The van der Waals surface area contributed by atoms with Gasteiger partial charge in [-0.15, -0.1) is 6.42 Å². The fraction of sp³-hybridized carbons (Fsp3) is 0.438. The zero-order valence-electron chi connectivity index (χ0n) is 12.5. The molecule has 5 heteroatoms. The first-order valence-corrected chi connectivity index (χ1v) is 6.62. The lowest BCUT2D eigenvalue weighted by molar-refractivity contribution is 0.0129. The average Bonchev–Trinajstić information content (AvgIpc) is 2.42. The van der Waals surface area contributed by atoms with Crippen molar-refractivity contribution in [1.82, 2.24) is 5.32 Å². The van der Waals surface area contributed by atoms with E-state index in [1.165, 1.54) is 0 Å². The van der Waals surface area contributed by atoms with Crippen molar-refractivity contribution in [2.24, 2.45) is 0 Å². The zero-order valence-corrected chi connectivity index (χ0v) is 12.5. The number of hydrogen-bond donors (Lipinski definition) is 3. The highest BCUT2D eigenvalue weighted by atomic mass is 16.6. The molecule has 3 N–H and O–H groups in total. The Morgan fingerprint density at radius 3 is 2.38 bits per heavy atom. The highest BCUT2D eigenvalue weighted by Gasteiger charge is 2.21. The number of nitrogens with one attached hydrogen (secondary N) is 1. The number of ether oxygens (including phenoxy) is 1. The second-order valence-electron chi connectivity index (χ2n) is 5.66. The minimum Gasteiger partial charge on any atom is -0.444 e. The number of rotatable bonds is 4. The molecule has 0 heterocycles. The highest BCUT2D eigenvalue weighted by Crippen LogP contribution is 2.17. The predicted molar refractivity (Wildman–Crippen MR) is 79.6 cm³/mol. The van der Waals surface area contributed by atoms with Crippen LogP contribution in [0.1, 0.15) is 38.0 Å². The molecule has 21 heavy (non-hydrogen) atoms. The first-order valence-electron chi connectivity index (χ1n) is 6.62. The van der Waals surface area contributed by atoms with Gasteiger partial charge in [-0.2, -0.15) is 0 Å². The van der Waals surface area contributed by atoms with Crippen molar-refractivity contribution >= 4 is 6.09 Å². The van der Waals surface area contributed by atoms with Crippen molar-refractivity contribution in [3.05, 3.63) is 35.4 Å². The normalized spacial score (nSPS) is 13.9. The lowest BCUT2D eigenvalue weighted by atomic mass is 10.0. The summed E-state index contributed by atoms with van der Waals surface area (Å²) in [6.07, 6.45) is 2.34. The van der Waals surface area contributed by atoms with Gasteiger partial charge in [0.2, 0.25) is 0 Å². The molecule has 1 aromatic rings. The summed E-state index contributed by atoms with van der Waals surface area (Å²) in [5, 5.41) is 22.3. The Labute approximate surface area is 124 Å². The van der Waals surface area contributed by atoms with E-state index in [2.05, 4.69) is 11.2 Å². The molecule has 0 radical (unpaired) electrons. The molecule has 2 unspecified atom stereocenters. The summed E-state index contributed by atoms with van der Waals surface area (Å²) in [7, 11) is 0. The van der Waals surface area contributed by atoms with Gasteiger partial charge in [0, 0.05) is 12.1 Å². The summed E-state index contributed by atoms with van der Waals surface area (Å²) in [5.41, 5.74) is 0.596. The number of aliphatic hydroxyl groups is 2. The fourth-order valence-electron chi connectivity index (χ4n) is 1.61. The lowest BCUT2D eigenvalue weighted by Crippen LogP contribution is -2.38. The maximum atomic E-state index is 11.5. The van der Waals surface area contributed by atoms with Gasteiger partial charge >= 0.3 is 6.09 Å². The van der Waals surface area contributed by atoms with E-state index in [9.17, 15) is 15.0 Å². The first-order chi connectivity index (χ1) is 9.73. The smallest absolute Gasteiger partial charge is 0.407 e. The number of carbonyl (C=O) groups is 1. The standard InChI is InChI=1S/C16H21NO4/c1-5-11-6-8-12(9-7-11)14(19)13(18)10-17-15(20)21-16(2,3)4/h1,6-9,13-14,18-19H,10H2,2-4H3,(H,17,20). The van der Waals surface area contributed by atoms with Crippen molar-refractivity contribution in [3.63, 3.8) is 0 Å². The maximum absolute atomic E-state index is 11.5. The second kappa shape index (κ2) is 7.11. The van der Waals surface area contributed by atoms with E-state index < -0.39 is 23.9 Å². The number of hydrogen-bond acceptors (Lipinski definition) is 4. The van der Waals surface area contributed by atoms with Gasteiger partial charge in [-0.1, -0.05) is 18.1 Å². The Balaban J connectivity index is 2.52. The largest absolute Gasteiger partial charge is 0.444 e. The summed E-state index contributed by atoms with van der Waals surface area (Å²) in [4.78, 5) is 11.5. The summed E-state index contributed by atoms with van der Waals surface area (Å²) in [6.45, 7) is 5.10. The van der Waals surface area contributed by atoms with E-state index in [0.717, 1.165) is 0 Å². The number of terminal acetylenes is 1. The van der Waals surface area contributed by atoms with Gasteiger partial charge in [0.15, 0.2) is 0 Å². The van der Waals surface area contributed by atoms with Crippen LogP contribution in [0.3, 0.4) is 0 Å². The first kappa shape index (κ1) is 17.0. The Hall–Kier alpha value is -2.03. The molecule has 1 aromatic carbocycles. The average molecular weight is 291 g/mol. The van der Waals surface area contributed by atoms with Crippen molar-refractivity contribution < 1.29 is 19.7 Å². The number of alkyl carbamates (subject to hydrolysis) is 1. The van der Waals surface area contributed by atoms with Gasteiger partial charge in [-0.3, -0.25) is 0 Å². The Bertz CT molecular complexity index is 511. The number of benzene rings is 1. The van der Waals surface area contributed by atoms with E-state index >= 15 is 0 Å². The Morgan fingerprint density at radius 1 is 1.33 bits per heavy atom. The van der Waals surface area contributed by atoms with Crippen LogP contribution in [0, 0.1) is 12.3 Å². The molecule has 0 fully saturated rings. The van der Waals surface area contributed by atoms with E-state index in [1.54, 1.807) is 45.0 Å². The molecular weight excluding hydrogens is 270 g/mol. The molecule has 0 spiro atoms. The van der Waals surface area contributed by atoms with Crippen LogP contribution >= 0.6 is 0 Å². The van der Waals surface area contributed by atoms with E-state index in [1.807, 2.05) is 0 Å². The third-order valence-corrected chi connectivity index (χ3v) is 2.64. The monoisotopic (exact) mass is 291 g/mol. The summed E-state index contributed by atoms with van der Waals surface area (Å²) in [5.74, 6) is 2.47. The van der Waals surface area contributed by atoms with Gasteiger partial charge in [-0.05, 0) is 38.5 Å². The molecule has 0 saturated carbocycles. The third-order valence-electron chi connectivity index (χ3n) is 2.64. The lowest BCUT2D eigenvalue weighted by Gasteiger charge is -2.22. The fourth-order valence-corrected chi connectivity index (χ4v) is 1.61. The number of carbonyl (C=O) groups excluding carboxylic acids is 1. The van der Waals surface area contributed by atoms with Crippen molar-refractivity contribution in [1.29, 1.82) is 0 Å². The molecule has 0 aromatic heterocycles. The van der Waals surface area contributed by atoms with E-state index in [-0.39, 0.29) is 6.54 Å². The molecule has 0 aliphatic rings. The molecule has 114 valence electrons. The second-order valence-corrected chi connectivity index (χ2v) is 5.66. The van der Waals surface area contributed by atoms with Gasteiger partial charge in [0.05, 0.1) is 0 Å².